The largest absolute Gasteiger partial charge is 0.295 e. The predicted molar refractivity (Wildman–Crippen MR) is 73.9 cm³/mol. The smallest absolute Gasteiger partial charge is 0.0767 e. The predicted octanol–water partition coefficient (Wildman–Crippen LogP) is 2.98. The Kier molecular flexibility index (Phi) is 3.93. The van der Waals surface area contributed by atoms with Crippen molar-refractivity contribution in [3.63, 3.8) is 0 Å². The van der Waals surface area contributed by atoms with Gasteiger partial charge in [0.05, 0.1) is 15.9 Å². The van der Waals surface area contributed by atoms with E-state index in [1.165, 1.54) is 28.8 Å². The van der Waals surface area contributed by atoms with Crippen LogP contribution in [0, 0.1) is 5.92 Å². The van der Waals surface area contributed by atoms with Gasteiger partial charge in [0.15, 0.2) is 0 Å². The summed E-state index contributed by atoms with van der Waals surface area (Å²) in [4.78, 5) is 2.56. The highest BCUT2D eigenvalue weighted by molar-refractivity contribution is 9.10. The molecule has 0 amide bonds. The Hall–Kier alpha value is -0.350. The van der Waals surface area contributed by atoms with Gasteiger partial charge >= 0.3 is 0 Å². The second kappa shape index (κ2) is 5.11. The number of halogens is 1. The van der Waals surface area contributed by atoms with Gasteiger partial charge in [0.2, 0.25) is 0 Å². The van der Waals surface area contributed by atoms with E-state index in [1.54, 1.807) is 0 Å². The van der Waals surface area contributed by atoms with E-state index in [0.29, 0.717) is 6.04 Å². The van der Waals surface area contributed by atoms with Crippen molar-refractivity contribution in [2.45, 2.75) is 46.2 Å². The quantitative estimate of drug-likeness (QED) is 0.855. The fraction of sp³-hybridized carbons (Fsp3) is 0.769. The zero-order chi connectivity index (χ0) is 12.6. The summed E-state index contributed by atoms with van der Waals surface area (Å²) in [6.45, 7) is 9.04. The van der Waals surface area contributed by atoms with Crippen LogP contribution in [0.2, 0.25) is 0 Å². The van der Waals surface area contributed by atoms with Crippen LogP contribution in [0.5, 0.6) is 0 Å². The Labute approximate surface area is 112 Å². The SMILES string of the molecule is CCc1nn(C)c(CN2CC(C)CC2C)c1Br. The van der Waals surface area contributed by atoms with Gasteiger partial charge in [0, 0.05) is 26.2 Å². The molecule has 3 nitrogen and oxygen atoms in total. The van der Waals surface area contributed by atoms with Gasteiger partial charge in [-0.25, -0.2) is 0 Å². The van der Waals surface area contributed by atoms with Crippen LogP contribution in [0.4, 0.5) is 0 Å². The maximum Gasteiger partial charge on any atom is 0.0767 e. The molecule has 2 atom stereocenters. The number of aromatic nitrogens is 2. The van der Waals surface area contributed by atoms with Crippen molar-refractivity contribution in [1.82, 2.24) is 14.7 Å². The lowest BCUT2D eigenvalue weighted by molar-refractivity contribution is 0.249. The van der Waals surface area contributed by atoms with Crippen LogP contribution in [0.3, 0.4) is 0 Å². The number of likely N-dealkylation sites (tertiary alicyclic amines) is 1. The normalized spacial score (nSPS) is 25.7. The molecule has 0 N–H and O–H groups in total. The second-order valence-electron chi connectivity index (χ2n) is 5.30. The van der Waals surface area contributed by atoms with Crippen molar-refractivity contribution in [3.8, 4) is 0 Å². The monoisotopic (exact) mass is 299 g/mol. The lowest BCUT2D eigenvalue weighted by Crippen LogP contribution is -2.27. The molecule has 1 aliphatic heterocycles. The molecular formula is C13H22BrN3. The van der Waals surface area contributed by atoms with Crippen molar-refractivity contribution in [1.29, 1.82) is 0 Å². The standard InChI is InChI=1S/C13H22BrN3/c1-5-11-13(14)12(16(4)15-11)8-17-7-9(2)6-10(17)3/h9-10H,5-8H2,1-4H3. The summed E-state index contributed by atoms with van der Waals surface area (Å²) in [5.41, 5.74) is 2.48. The highest BCUT2D eigenvalue weighted by Crippen LogP contribution is 2.28. The lowest BCUT2D eigenvalue weighted by Gasteiger charge is -2.21. The van der Waals surface area contributed by atoms with Crippen molar-refractivity contribution in [3.05, 3.63) is 15.9 Å². The fourth-order valence-electron chi connectivity index (χ4n) is 2.79. The van der Waals surface area contributed by atoms with Crippen LogP contribution in [0.25, 0.3) is 0 Å². The number of rotatable bonds is 3. The van der Waals surface area contributed by atoms with Crippen LogP contribution in [0.15, 0.2) is 4.47 Å². The summed E-state index contributed by atoms with van der Waals surface area (Å²) in [5, 5.41) is 4.56. The van der Waals surface area contributed by atoms with E-state index in [-0.39, 0.29) is 0 Å². The molecule has 4 heteroatoms. The van der Waals surface area contributed by atoms with Gasteiger partial charge in [0.1, 0.15) is 0 Å². The summed E-state index contributed by atoms with van der Waals surface area (Å²) in [6.07, 6.45) is 2.30. The van der Waals surface area contributed by atoms with Crippen LogP contribution >= 0.6 is 15.9 Å². The first-order chi connectivity index (χ1) is 8.02. The van der Waals surface area contributed by atoms with Crippen molar-refractivity contribution >= 4 is 15.9 Å². The highest BCUT2D eigenvalue weighted by atomic mass is 79.9. The van der Waals surface area contributed by atoms with Crippen LogP contribution in [-0.2, 0) is 20.0 Å². The number of nitrogens with zero attached hydrogens (tertiary/aromatic N) is 3. The summed E-state index contributed by atoms with van der Waals surface area (Å²) in [7, 11) is 2.05. The van der Waals surface area contributed by atoms with Crippen molar-refractivity contribution in [2.75, 3.05) is 6.54 Å². The Morgan fingerprint density at radius 3 is 2.59 bits per heavy atom. The maximum atomic E-state index is 4.56. The Morgan fingerprint density at radius 2 is 2.12 bits per heavy atom. The fourth-order valence-corrected chi connectivity index (χ4v) is 3.53. The molecule has 0 aliphatic carbocycles. The van der Waals surface area contributed by atoms with E-state index in [1.807, 2.05) is 11.7 Å². The molecule has 2 rings (SSSR count). The van der Waals surface area contributed by atoms with Crippen molar-refractivity contribution < 1.29 is 0 Å². The number of aryl methyl sites for hydroxylation is 2. The summed E-state index contributed by atoms with van der Waals surface area (Å²) < 4.78 is 3.23. The molecule has 2 heterocycles. The minimum Gasteiger partial charge on any atom is -0.295 e. The molecule has 0 saturated carbocycles. The first-order valence-corrected chi connectivity index (χ1v) is 7.26. The average Bonchev–Trinajstić information content (AvgIpc) is 2.72. The zero-order valence-corrected chi connectivity index (χ0v) is 12.8. The third-order valence-electron chi connectivity index (χ3n) is 3.77. The molecule has 0 bridgehead atoms. The van der Waals surface area contributed by atoms with Gasteiger partial charge in [-0.2, -0.15) is 5.10 Å². The Bertz CT molecular complexity index is 400. The highest BCUT2D eigenvalue weighted by Gasteiger charge is 2.27. The molecule has 0 spiro atoms. The molecule has 2 unspecified atom stereocenters. The molecule has 96 valence electrons. The minimum absolute atomic E-state index is 0.692. The molecule has 1 aromatic heterocycles. The van der Waals surface area contributed by atoms with Crippen LogP contribution < -0.4 is 0 Å². The Morgan fingerprint density at radius 1 is 1.41 bits per heavy atom. The molecule has 17 heavy (non-hydrogen) atoms. The average molecular weight is 300 g/mol. The van der Waals surface area contributed by atoms with Gasteiger partial charge in [0.25, 0.3) is 0 Å². The van der Waals surface area contributed by atoms with Crippen molar-refractivity contribution in [2.24, 2.45) is 13.0 Å². The summed E-state index contributed by atoms with van der Waals surface area (Å²) in [5.74, 6) is 0.822. The molecule has 1 fully saturated rings. The third-order valence-corrected chi connectivity index (χ3v) is 4.68. The van der Waals surface area contributed by atoms with Gasteiger partial charge in [-0.3, -0.25) is 9.58 Å². The topological polar surface area (TPSA) is 21.1 Å². The molecule has 1 saturated heterocycles. The summed E-state index contributed by atoms with van der Waals surface area (Å²) in [6, 6.07) is 0.692. The molecule has 1 aromatic rings. The van der Waals surface area contributed by atoms with E-state index in [4.69, 9.17) is 0 Å². The van der Waals surface area contributed by atoms with Gasteiger partial charge in [-0.15, -0.1) is 0 Å². The second-order valence-corrected chi connectivity index (χ2v) is 6.10. The number of hydrogen-bond donors (Lipinski definition) is 0. The molecule has 0 radical (unpaired) electrons. The van der Waals surface area contributed by atoms with E-state index < -0.39 is 0 Å². The molecular weight excluding hydrogens is 278 g/mol. The van der Waals surface area contributed by atoms with E-state index in [2.05, 4.69) is 46.7 Å². The van der Waals surface area contributed by atoms with Gasteiger partial charge in [-0.05, 0) is 41.6 Å². The Balaban J connectivity index is 2.16. The third kappa shape index (κ3) is 2.58. The van der Waals surface area contributed by atoms with Crippen LogP contribution in [0.1, 0.15) is 38.6 Å². The molecule has 1 aliphatic rings. The molecule has 0 aromatic carbocycles. The van der Waals surface area contributed by atoms with Gasteiger partial charge < -0.3 is 0 Å². The first-order valence-electron chi connectivity index (χ1n) is 6.47. The lowest BCUT2D eigenvalue weighted by atomic mass is 10.1. The minimum atomic E-state index is 0.692. The van der Waals surface area contributed by atoms with Gasteiger partial charge in [-0.1, -0.05) is 13.8 Å². The van der Waals surface area contributed by atoms with E-state index in [0.717, 1.165) is 18.9 Å². The van der Waals surface area contributed by atoms with Crippen LogP contribution in [-0.4, -0.2) is 27.3 Å². The number of hydrogen-bond acceptors (Lipinski definition) is 2. The van der Waals surface area contributed by atoms with E-state index >= 15 is 0 Å². The summed E-state index contributed by atoms with van der Waals surface area (Å²) >= 11 is 3.69. The maximum absolute atomic E-state index is 4.56. The zero-order valence-electron chi connectivity index (χ0n) is 11.2. The first kappa shape index (κ1) is 13.1. The van der Waals surface area contributed by atoms with E-state index in [9.17, 15) is 0 Å².